The van der Waals surface area contributed by atoms with Gasteiger partial charge in [0.1, 0.15) is 6.61 Å². The molecule has 1 aliphatic heterocycles. The number of nitrogens with zero attached hydrogens (tertiary/aromatic N) is 1. The topological polar surface area (TPSA) is 55.8 Å². The average Bonchev–Trinajstić information content (AvgIpc) is 2.96. The molecule has 2 aromatic rings. The highest BCUT2D eigenvalue weighted by atomic mass is 79.9. The fourth-order valence-corrected chi connectivity index (χ4v) is 3.83. The molecule has 1 saturated heterocycles. The molecule has 0 aliphatic carbocycles. The highest BCUT2D eigenvalue weighted by Gasteiger charge is 2.34. The SMILES string of the molecule is CCCN1C(=O)SC(=Cc2ccc(OCc3ccc(Br)cc3)c(OC)c2)C1=O. The zero-order valence-corrected chi connectivity index (χ0v) is 18.0. The molecule has 0 saturated carbocycles. The van der Waals surface area contributed by atoms with E-state index in [9.17, 15) is 9.59 Å². The number of hydrogen-bond acceptors (Lipinski definition) is 5. The number of thioether (sulfide) groups is 1. The van der Waals surface area contributed by atoms with E-state index in [1.54, 1.807) is 25.3 Å². The molecule has 0 radical (unpaired) electrons. The monoisotopic (exact) mass is 461 g/mol. The van der Waals surface area contributed by atoms with Crippen LogP contribution < -0.4 is 9.47 Å². The lowest BCUT2D eigenvalue weighted by molar-refractivity contribution is -0.122. The van der Waals surface area contributed by atoms with E-state index in [1.807, 2.05) is 37.3 Å². The minimum atomic E-state index is -0.244. The smallest absolute Gasteiger partial charge is 0.293 e. The Morgan fingerprint density at radius 2 is 1.86 bits per heavy atom. The van der Waals surface area contributed by atoms with Gasteiger partial charge in [-0.05, 0) is 59.7 Å². The molecule has 5 nitrogen and oxygen atoms in total. The number of carbonyl (C=O) groups is 2. The van der Waals surface area contributed by atoms with Crippen molar-refractivity contribution in [2.24, 2.45) is 0 Å². The summed E-state index contributed by atoms with van der Waals surface area (Å²) in [5.41, 5.74) is 1.81. The third-order valence-electron chi connectivity index (χ3n) is 4.11. The number of amides is 2. The molecule has 7 heteroatoms. The number of carbonyl (C=O) groups excluding carboxylic acids is 2. The zero-order valence-electron chi connectivity index (χ0n) is 15.6. The van der Waals surface area contributed by atoms with Gasteiger partial charge in [-0.25, -0.2) is 0 Å². The highest BCUT2D eigenvalue weighted by molar-refractivity contribution is 9.10. The molecule has 0 atom stereocenters. The Morgan fingerprint density at radius 3 is 2.54 bits per heavy atom. The van der Waals surface area contributed by atoms with Gasteiger partial charge in [0, 0.05) is 11.0 Å². The van der Waals surface area contributed by atoms with Gasteiger partial charge in [0.15, 0.2) is 11.5 Å². The van der Waals surface area contributed by atoms with Crippen molar-refractivity contribution in [1.29, 1.82) is 0 Å². The molecule has 2 aromatic carbocycles. The van der Waals surface area contributed by atoms with Crippen molar-refractivity contribution >= 4 is 44.9 Å². The van der Waals surface area contributed by atoms with E-state index in [4.69, 9.17) is 9.47 Å². The molecule has 0 N–H and O–H groups in total. The van der Waals surface area contributed by atoms with Crippen LogP contribution in [0.3, 0.4) is 0 Å². The highest BCUT2D eigenvalue weighted by Crippen LogP contribution is 2.34. The first kappa shape index (κ1) is 20.5. The van der Waals surface area contributed by atoms with E-state index in [0.717, 1.165) is 33.8 Å². The number of benzene rings is 2. The molecule has 146 valence electrons. The first-order valence-electron chi connectivity index (χ1n) is 8.82. The Hall–Kier alpha value is -2.25. The summed E-state index contributed by atoms with van der Waals surface area (Å²) in [6, 6.07) is 13.3. The first-order chi connectivity index (χ1) is 13.5. The molecule has 0 spiro atoms. The maximum Gasteiger partial charge on any atom is 0.293 e. The van der Waals surface area contributed by atoms with E-state index >= 15 is 0 Å². The largest absolute Gasteiger partial charge is 0.493 e. The summed E-state index contributed by atoms with van der Waals surface area (Å²) in [7, 11) is 1.57. The maximum absolute atomic E-state index is 12.4. The maximum atomic E-state index is 12.4. The van der Waals surface area contributed by atoms with Gasteiger partial charge in [0.25, 0.3) is 11.1 Å². The van der Waals surface area contributed by atoms with Crippen LogP contribution in [0.4, 0.5) is 4.79 Å². The van der Waals surface area contributed by atoms with E-state index in [1.165, 1.54) is 4.90 Å². The molecule has 3 rings (SSSR count). The Labute approximate surface area is 176 Å². The van der Waals surface area contributed by atoms with Crippen LogP contribution in [0, 0.1) is 0 Å². The summed E-state index contributed by atoms with van der Waals surface area (Å²) in [6.07, 6.45) is 2.45. The lowest BCUT2D eigenvalue weighted by Crippen LogP contribution is -2.28. The standard InChI is InChI=1S/C21H20BrNO4S/c1-3-10-23-20(24)19(28-21(23)25)12-15-6-9-17(18(11-15)26-2)27-13-14-4-7-16(22)8-5-14/h4-9,11-12H,3,10,13H2,1-2H3. The van der Waals surface area contributed by atoms with Crippen LogP contribution in [0.1, 0.15) is 24.5 Å². The van der Waals surface area contributed by atoms with E-state index in [2.05, 4.69) is 15.9 Å². The molecule has 2 amide bonds. The second kappa shape index (κ2) is 9.30. The van der Waals surface area contributed by atoms with Crippen LogP contribution in [0.15, 0.2) is 51.8 Å². The van der Waals surface area contributed by atoms with Gasteiger partial charge < -0.3 is 9.47 Å². The zero-order chi connectivity index (χ0) is 20.1. The number of ether oxygens (including phenoxy) is 2. The van der Waals surface area contributed by atoms with Gasteiger partial charge in [-0.15, -0.1) is 0 Å². The Bertz CT molecular complexity index is 911. The molecular formula is C21H20BrNO4S. The van der Waals surface area contributed by atoms with Gasteiger partial charge in [0.2, 0.25) is 0 Å². The molecule has 28 heavy (non-hydrogen) atoms. The van der Waals surface area contributed by atoms with Gasteiger partial charge in [0.05, 0.1) is 12.0 Å². The summed E-state index contributed by atoms with van der Waals surface area (Å²) in [5, 5.41) is -0.223. The predicted octanol–water partition coefficient (Wildman–Crippen LogP) is 5.48. The fraction of sp³-hybridized carbons (Fsp3) is 0.238. The average molecular weight is 462 g/mol. The van der Waals surface area contributed by atoms with Crippen LogP contribution in [0.2, 0.25) is 0 Å². The van der Waals surface area contributed by atoms with Crippen LogP contribution in [-0.2, 0) is 11.4 Å². The van der Waals surface area contributed by atoms with Crippen LogP contribution >= 0.6 is 27.7 Å². The number of methoxy groups -OCH3 is 1. The van der Waals surface area contributed by atoms with Crippen molar-refractivity contribution in [2.45, 2.75) is 20.0 Å². The molecule has 1 heterocycles. The molecular weight excluding hydrogens is 442 g/mol. The lowest BCUT2D eigenvalue weighted by atomic mass is 10.1. The van der Waals surface area contributed by atoms with Crippen molar-refractivity contribution in [2.75, 3.05) is 13.7 Å². The third kappa shape index (κ3) is 4.77. The number of halogens is 1. The van der Waals surface area contributed by atoms with Gasteiger partial charge in [-0.2, -0.15) is 0 Å². The molecule has 0 bridgehead atoms. The van der Waals surface area contributed by atoms with E-state index in [-0.39, 0.29) is 11.1 Å². The minimum absolute atomic E-state index is 0.223. The van der Waals surface area contributed by atoms with Crippen LogP contribution in [-0.4, -0.2) is 29.7 Å². The Balaban J connectivity index is 1.75. The summed E-state index contributed by atoms with van der Waals surface area (Å²) in [4.78, 5) is 26.0. The number of hydrogen-bond donors (Lipinski definition) is 0. The van der Waals surface area contributed by atoms with Gasteiger partial charge in [-0.1, -0.05) is 41.1 Å². The van der Waals surface area contributed by atoms with Crippen molar-refractivity contribution < 1.29 is 19.1 Å². The minimum Gasteiger partial charge on any atom is -0.493 e. The first-order valence-corrected chi connectivity index (χ1v) is 10.4. The second-order valence-corrected chi connectivity index (χ2v) is 8.07. The molecule has 0 aromatic heterocycles. The quantitative estimate of drug-likeness (QED) is 0.510. The number of imide groups is 1. The summed E-state index contributed by atoms with van der Waals surface area (Å²) < 4.78 is 12.3. The fourth-order valence-electron chi connectivity index (χ4n) is 2.70. The Morgan fingerprint density at radius 1 is 1.11 bits per heavy atom. The van der Waals surface area contributed by atoms with Crippen molar-refractivity contribution in [1.82, 2.24) is 4.90 Å². The lowest BCUT2D eigenvalue weighted by Gasteiger charge is -2.12. The van der Waals surface area contributed by atoms with Crippen molar-refractivity contribution in [3.63, 3.8) is 0 Å². The van der Waals surface area contributed by atoms with Crippen molar-refractivity contribution in [3.8, 4) is 11.5 Å². The number of rotatable bonds is 7. The Kier molecular flexibility index (Phi) is 6.80. The van der Waals surface area contributed by atoms with E-state index < -0.39 is 0 Å². The summed E-state index contributed by atoms with van der Waals surface area (Å²) in [6.45, 7) is 2.79. The van der Waals surface area contributed by atoms with Gasteiger partial charge in [-0.3, -0.25) is 14.5 Å². The van der Waals surface area contributed by atoms with Crippen LogP contribution in [0.25, 0.3) is 6.08 Å². The van der Waals surface area contributed by atoms with E-state index in [0.29, 0.717) is 29.6 Å². The van der Waals surface area contributed by atoms with Crippen molar-refractivity contribution in [3.05, 3.63) is 63.0 Å². The summed E-state index contributed by atoms with van der Waals surface area (Å²) >= 11 is 4.38. The second-order valence-electron chi connectivity index (χ2n) is 6.16. The summed E-state index contributed by atoms with van der Waals surface area (Å²) in [5.74, 6) is 0.937. The normalized spacial score (nSPS) is 15.4. The predicted molar refractivity (Wildman–Crippen MR) is 114 cm³/mol. The van der Waals surface area contributed by atoms with Gasteiger partial charge >= 0.3 is 0 Å². The van der Waals surface area contributed by atoms with Crippen LogP contribution in [0.5, 0.6) is 11.5 Å². The molecule has 0 unspecified atom stereocenters. The molecule has 1 aliphatic rings. The molecule has 1 fully saturated rings. The third-order valence-corrected chi connectivity index (χ3v) is 5.55.